The van der Waals surface area contributed by atoms with Crippen LogP contribution in [-0.4, -0.2) is 36.9 Å². The first kappa shape index (κ1) is 19.4. The second-order valence-electron chi connectivity index (χ2n) is 6.55. The number of hydrogen-bond acceptors (Lipinski definition) is 3. The van der Waals surface area contributed by atoms with Crippen LogP contribution < -0.4 is 9.64 Å². The van der Waals surface area contributed by atoms with Gasteiger partial charge in [0, 0.05) is 35.9 Å². The summed E-state index contributed by atoms with van der Waals surface area (Å²) in [6.45, 7) is 3.46. The molecule has 0 saturated carbocycles. The van der Waals surface area contributed by atoms with E-state index >= 15 is 0 Å². The van der Waals surface area contributed by atoms with Gasteiger partial charge in [0.1, 0.15) is 11.7 Å². The summed E-state index contributed by atoms with van der Waals surface area (Å²) in [5.74, 6) is -0.145. The molecule has 0 spiro atoms. The van der Waals surface area contributed by atoms with E-state index in [1.54, 1.807) is 16.8 Å². The lowest BCUT2D eigenvalue weighted by Gasteiger charge is -2.22. The summed E-state index contributed by atoms with van der Waals surface area (Å²) in [6.07, 6.45) is 0.529. The first-order valence-corrected chi connectivity index (χ1v) is 9.83. The van der Waals surface area contributed by atoms with Crippen LogP contribution in [0.25, 0.3) is 0 Å². The Balaban J connectivity index is 1.70. The molecule has 0 aliphatic carbocycles. The molecule has 0 N–H and O–H groups in total. The van der Waals surface area contributed by atoms with E-state index < -0.39 is 5.92 Å². The maximum absolute atomic E-state index is 12.9. The predicted molar refractivity (Wildman–Crippen MR) is 109 cm³/mol. The molecule has 1 heterocycles. The lowest BCUT2D eigenvalue weighted by Crippen LogP contribution is -2.37. The maximum Gasteiger partial charge on any atom is 0.239 e. The summed E-state index contributed by atoms with van der Waals surface area (Å²) in [5, 5.41) is 0. The number of hydrogen-bond donors (Lipinski definition) is 0. The molecule has 1 aliphatic heterocycles. The molecule has 2 amide bonds. The topological polar surface area (TPSA) is 49.9 Å². The summed E-state index contributed by atoms with van der Waals surface area (Å²) >= 11 is 3.43. The fraction of sp³-hybridized carbons (Fsp3) is 0.333. The first-order chi connectivity index (χ1) is 13.0. The number of halogens is 1. The van der Waals surface area contributed by atoms with Gasteiger partial charge in [-0.3, -0.25) is 9.59 Å². The monoisotopic (exact) mass is 430 g/mol. The Hall–Kier alpha value is -2.34. The predicted octanol–water partition coefficient (Wildman–Crippen LogP) is 3.86. The van der Waals surface area contributed by atoms with Gasteiger partial charge in [0.15, 0.2) is 0 Å². The number of para-hydroxylation sites is 1. The SMILES string of the molecule is CCOc1ccccc1CN(C)C(=O)C1CCN(c2cccc(Br)c2)C1=O. The van der Waals surface area contributed by atoms with E-state index in [0.29, 0.717) is 26.1 Å². The molecule has 1 saturated heterocycles. The highest BCUT2D eigenvalue weighted by Crippen LogP contribution is 2.29. The van der Waals surface area contributed by atoms with Gasteiger partial charge in [-0.2, -0.15) is 0 Å². The van der Waals surface area contributed by atoms with Crippen LogP contribution in [0.1, 0.15) is 18.9 Å². The molecular weight excluding hydrogens is 408 g/mol. The second kappa shape index (κ2) is 8.57. The first-order valence-electron chi connectivity index (χ1n) is 9.04. The van der Waals surface area contributed by atoms with Crippen molar-refractivity contribution >= 4 is 33.4 Å². The highest BCUT2D eigenvalue weighted by atomic mass is 79.9. The fourth-order valence-corrected chi connectivity index (χ4v) is 3.73. The van der Waals surface area contributed by atoms with E-state index in [-0.39, 0.29) is 11.8 Å². The fourth-order valence-electron chi connectivity index (χ4n) is 3.34. The van der Waals surface area contributed by atoms with Crippen molar-refractivity contribution in [2.45, 2.75) is 19.9 Å². The van der Waals surface area contributed by atoms with Crippen molar-refractivity contribution < 1.29 is 14.3 Å². The summed E-state index contributed by atoms with van der Waals surface area (Å²) in [4.78, 5) is 29.0. The molecule has 3 rings (SSSR count). The van der Waals surface area contributed by atoms with Crippen molar-refractivity contribution in [2.24, 2.45) is 5.92 Å². The molecule has 27 heavy (non-hydrogen) atoms. The average Bonchev–Trinajstić information content (AvgIpc) is 3.04. The van der Waals surface area contributed by atoms with Crippen LogP contribution in [0.3, 0.4) is 0 Å². The van der Waals surface area contributed by atoms with Crippen molar-refractivity contribution in [1.29, 1.82) is 0 Å². The van der Waals surface area contributed by atoms with Gasteiger partial charge in [-0.05, 0) is 37.6 Å². The molecule has 0 aromatic heterocycles. The Labute approximate surface area is 168 Å². The molecule has 0 radical (unpaired) electrons. The third-order valence-corrected chi connectivity index (χ3v) is 5.17. The number of anilines is 1. The van der Waals surface area contributed by atoms with Crippen molar-refractivity contribution in [3.63, 3.8) is 0 Å². The number of carbonyl (C=O) groups is 2. The van der Waals surface area contributed by atoms with E-state index in [1.165, 1.54) is 0 Å². The Morgan fingerprint density at radius 3 is 2.78 bits per heavy atom. The average molecular weight is 431 g/mol. The maximum atomic E-state index is 12.9. The van der Waals surface area contributed by atoms with Crippen LogP contribution in [0.2, 0.25) is 0 Å². The number of ether oxygens (including phenoxy) is 1. The smallest absolute Gasteiger partial charge is 0.239 e. The summed E-state index contributed by atoms with van der Waals surface area (Å²) in [7, 11) is 1.74. The van der Waals surface area contributed by atoms with Gasteiger partial charge >= 0.3 is 0 Å². The summed E-state index contributed by atoms with van der Waals surface area (Å²) in [6, 6.07) is 15.3. The van der Waals surface area contributed by atoms with Crippen molar-refractivity contribution in [3.05, 3.63) is 58.6 Å². The summed E-state index contributed by atoms with van der Waals surface area (Å²) in [5.41, 5.74) is 1.75. The van der Waals surface area contributed by atoms with Gasteiger partial charge in [0.05, 0.1) is 6.61 Å². The van der Waals surface area contributed by atoms with E-state index in [4.69, 9.17) is 4.74 Å². The normalized spacial score (nSPS) is 16.5. The number of carbonyl (C=O) groups excluding carboxylic acids is 2. The quantitative estimate of drug-likeness (QED) is 0.653. The van der Waals surface area contributed by atoms with Gasteiger partial charge < -0.3 is 14.5 Å². The minimum absolute atomic E-state index is 0.136. The van der Waals surface area contributed by atoms with Crippen LogP contribution in [0.5, 0.6) is 5.75 Å². The Bertz CT molecular complexity index is 840. The Kier molecular flexibility index (Phi) is 6.16. The minimum Gasteiger partial charge on any atom is -0.494 e. The highest BCUT2D eigenvalue weighted by Gasteiger charge is 2.39. The molecule has 6 heteroatoms. The van der Waals surface area contributed by atoms with E-state index in [9.17, 15) is 9.59 Å². The number of nitrogens with zero attached hydrogens (tertiary/aromatic N) is 2. The number of amides is 2. The van der Waals surface area contributed by atoms with Crippen LogP contribution in [-0.2, 0) is 16.1 Å². The molecule has 5 nitrogen and oxygen atoms in total. The molecule has 2 aromatic carbocycles. The number of rotatable bonds is 6. The molecule has 1 fully saturated rings. The standard InChI is InChI=1S/C21H23BrN2O3/c1-3-27-19-10-5-4-7-15(19)14-23(2)20(25)18-11-12-24(21(18)26)17-9-6-8-16(22)13-17/h4-10,13,18H,3,11-12,14H2,1-2H3. The van der Waals surface area contributed by atoms with Gasteiger partial charge in [0.2, 0.25) is 11.8 Å². The van der Waals surface area contributed by atoms with E-state index in [1.807, 2.05) is 55.5 Å². The third-order valence-electron chi connectivity index (χ3n) is 4.68. The lowest BCUT2D eigenvalue weighted by molar-refractivity contribution is -0.139. The molecule has 0 bridgehead atoms. The largest absolute Gasteiger partial charge is 0.494 e. The van der Waals surface area contributed by atoms with Crippen LogP contribution >= 0.6 is 15.9 Å². The van der Waals surface area contributed by atoms with Crippen LogP contribution in [0.4, 0.5) is 5.69 Å². The molecule has 1 aliphatic rings. The highest BCUT2D eigenvalue weighted by molar-refractivity contribution is 9.10. The zero-order valence-corrected chi connectivity index (χ0v) is 17.1. The van der Waals surface area contributed by atoms with E-state index in [2.05, 4.69) is 15.9 Å². The van der Waals surface area contributed by atoms with Crippen LogP contribution in [0, 0.1) is 5.92 Å². The van der Waals surface area contributed by atoms with E-state index in [0.717, 1.165) is 21.5 Å². The van der Waals surface area contributed by atoms with Crippen LogP contribution in [0.15, 0.2) is 53.0 Å². The van der Waals surface area contributed by atoms with Gasteiger partial charge in [-0.25, -0.2) is 0 Å². The minimum atomic E-state index is -0.631. The van der Waals surface area contributed by atoms with Crippen molar-refractivity contribution in [3.8, 4) is 5.75 Å². The lowest BCUT2D eigenvalue weighted by atomic mass is 10.1. The molecule has 2 aromatic rings. The molecular formula is C21H23BrN2O3. The molecule has 1 unspecified atom stereocenters. The molecule has 142 valence electrons. The van der Waals surface area contributed by atoms with Gasteiger partial charge in [0.25, 0.3) is 0 Å². The zero-order valence-electron chi connectivity index (χ0n) is 15.5. The van der Waals surface area contributed by atoms with Gasteiger partial charge in [-0.15, -0.1) is 0 Å². The Morgan fingerprint density at radius 2 is 2.04 bits per heavy atom. The van der Waals surface area contributed by atoms with Crippen molar-refractivity contribution in [1.82, 2.24) is 4.90 Å². The Morgan fingerprint density at radius 1 is 1.26 bits per heavy atom. The second-order valence-corrected chi connectivity index (χ2v) is 7.46. The number of benzene rings is 2. The summed E-state index contributed by atoms with van der Waals surface area (Å²) < 4.78 is 6.54. The third kappa shape index (κ3) is 4.33. The van der Waals surface area contributed by atoms with Gasteiger partial charge in [-0.1, -0.05) is 40.2 Å². The zero-order chi connectivity index (χ0) is 19.4. The van der Waals surface area contributed by atoms with Crippen molar-refractivity contribution in [2.75, 3.05) is 25.1 Å². The molecule has 1 atom stereocenters.